The van der Waals surface area contributed by atoms with E-state index in [4.69, 9.17) is 0 Å². The lowest BCUT2D eigenvalue weighted by Gasteiger charge is -2.19. The van der Waals surface area contributed by atoms with Crippen molar-refractivity contribution >= 4 is 21.5 Å². The fourth-order valence-corrected chi connectivity index (χ4v) is 4.46. The molecule has 8 nitrogen and oxygen atoms in total. The molecule has 9 heteroatoms. The SMILES string of the molecule is Cc1nn(C)c(C)c1NS(=O)(=O)c1ccc(N(C)Cc2ccc(CN(C)C)cc2)nc1. The van der Waals surface area contributed by atoms with E-state index in [1.807, 2.05) is 33.0 Å². The molecule has 3 aromatic rings. The number of nitrogens with zero attached hydrogens (tertiary/aromatic N) is 5. The van der Waals surface area contributed by atoms with E-state index in [1.165, 1.54) is 11.8 Å². The van der Waals surface area contributed by atoms with Crippen LogP contribution in [0.15, 0.2) is 47.5 Å². The van der Waals surface area contributed by atoms with Crippen molar-refractivity contribution < 1.29 is 8.42 Å². The van der Waals surface area contributed by atoms with Crippen LogP contribution >= 0.6 is 0 Å². The van der Waals surface area contributed by atoms with Crippen molar-refractivity contribution in [1.29, 1.82) is 0 Å². The lowest BCUT2D eigenvalue weighted by Crippen LogP contribution is -2.19. The maximum absolute atomic E-state index is 12.8. The number of hydrogen-bond acceptors (Lipinski definition) is 6. The molecule has 0 atom stereocenters. The van der Waals surface area contributed by atoms with E-state index in [2.05, 4.69) is 44.0 Å². The molecule has 0 bridgehead atoms. The summed E-state index contributed by atoms with van der Waals surface area (Å²) in [6.07, 6.45) is 1.38. The summed E-state index contributed by atoms with van der Waals surface area (Å²) in [6.45, 7) is 5.17. The lowest BCUT2D eigenvalue weighted by atomic mass is 10.1. The van der Waals surface area contributed by atoms with Crippen LogP contribution in [0.5, 0.6) is 0 Å². The molecule has 0 saturated carbocycles. The molecule has 31 heavy (non-hydrogen) atoms. The van der Waals surface area contributed by atoms with Gasteiger partial charge in [-0.05, 0) is 51.2 Å². The van der Waals surface area contributed by atoms with Crippen molar-refractivity contribution in [1.82, 2.24) is 19.7 Å². The summed E-state index contributed by atoms with van der Waals surface area (Å²) in [5.74, 6) is 0.699. The van der Waals surface area contributed by atoms with E-state index in [0.717, 1.165) is 17.8 Å². The van der Waals surface area contributed by atoms with Crippen molar-refractivity contribution in [2.75, 3.05) is 30.8 Å². The second-order valence-electron chi connectivity index (χ2n) is 8.04. The van der Waals surface area contributed by atoms with Crippen molar-refractivity contribution in [3.05, 3.63) is 65.1 Å². The molecular weight excluding hydrogens is 412 g/mol. The second kappa shape index (κ2) is 9.07. The smallest absolute Gasteiger partial charge is 0.263 e. The third-order valence-corrected chi connectivity index (χ3v) is 6.44. The van der Waals surface area contributed by atoms with E-state index in [1.54, 1.807) is 30.8 Å². The maximum Gasteiger partial charge on any atom is 0.263 e. The second-order valence-corrected chi connectivity index (χ2v) is 9.72. The van der Waals surface area contributed by atoms with Crippen molar-refractivity contribution in [3.63, 3.8) is 0 Å². The predicted octanol–water partition coefficient (Wildman–Crippen LogP) is 2.93. The van der Waals surface area contributed by atoms with Crippen LogP contribution in [0.4, 0.5) is 11.5 Å². The molecule has 3 rings (SSSR count). The Morgan fingerprint density at radius 3 is 2.06 bits per heavy atom. The summed E-state index contributed by atoms with van der Waals surface area (Å²) < 4.78 is 29.9. The molecule has 2 aromatic heterocycles. The summed E-state index contributed by atoms with van der Waals surface area (Å²) in [5.41, 5.74) is 4.30. The van der Waals surface area contributed by atoms with Crippen LogP contribution < -0.4 is 9.62 Å². The minimum atomic E-state index is -3.75. The Balaban J connectivity index is 1.70. The Morgan fingerprint density at radius 2 is 1.58 bits per heavy atom. The molecule has 166 valence electrons. The molecular formula is C22H30N6O2S. The fraction of sp³-hybridized carbons (Fsp3) is 0.364. The van der Waals surface area contributed by atoms with Gasteiger partial charge in [-0.15, -0.1) is 0 Å². The zero-order valence-electron chi connectivity index (χ0n) is 18.9. The molecule has 1 N–H and O–H groups in total. The minimum absolute atomic E-state index is 0.111. The third-order valence-electron chi connectivity index (χ3n) is 5.11. The first-order valence-corrected chi connectivity index (χ1v) is 11.5. The molecule has 0 amide bonds. The van der Waals surface area contributed by atoms with E-state index in [0.29, 0.717) is 23.7 Å². The summed E-state index contributed by atoms with van der Waals surface area (Å²) in [5, 5.41) is 4.25. The van der Waals surface area contributed by atoms with Crippen LogP contribution in [0.3, 0.4) is 0 Å². The molecule has 0 radical (unpaired) electrons. The Kier molecular flexibility index (Phi) is 6.66. The molecule has 0 spiro atoms. The summed E-state index contributed by atoms with van der Waals surface area (Å²) >= 11 is 0. The highest BCUT2D eigenvalue weighted by atomic mass is 32.2. The minimum Gasteiger partial charge on any atom is -0.355 e. The van der Waals surface area contributed by atoms with E-state index < -0.39 is 10.0 Å². The maximum atomic E-state index is 12.8. The van der Waals surface area contributed by atoms with Crippen LogP contribution in [0.25, 0.3) is 0 Å². The van der Waals surface area contributed by atoms with Gasteiger partial charge >= 0.3 is 0 Å². The quantitative estimate of drug-likeness (QED) is 0.578. The Hall–Kier alpha value is -2.91. The van der Waals surface area contributed by atoms with Gasteiger partial charge in [0, 0.05) is 33.4 Å². The van der Waals surface area contributed by atoms with Gasteiger partial charge in [-0.1, -0.05) is 24.3 Å². The van der Waals surface area contributed by atoms with Crippen LogP contribution in [0.2, 0.25) is 0 Å². The van der Waals surface area contributed by atoms with Crippen molar-refractivity contribution in [3.8, 4) is 0 Å². The predicted molar refractivity (Wildman–Crippen MR) is 124 cm³/mol. The number of sulfonamides is 1. The average molecular weight is 443 g/mol. The molecule has 0 aliphatic carbocycles. The summed E-state index contributed by atoms with van der Waals surface area (Å²) in [6, 6.07) is 11.8. The van der Waals surface area contributed by atoms with Gasteiger partial charge in [0.05, 0.1) is 17.1 Å². The first-order valence-electron chi connectivity index (χ1n) is 9.99. The highest BCUT2D eigenvalue weighted by Crippen LogP contribution is 2.23. The van der Waals surface area contributed by atoms with E-state index >= 15 is 0 Å². The lowest BCUT2D eigenvalue weighted by molar-refractivity contribution is 0.402. The van der Waals surface area contributed by atoms with Crippen LogP contribution in [0.1, 0.15) is 22.5 Å². The Morgan fingerprint density at radius 1 is 0.968 bits per heavy atom. The molecule has 0 saturated heterocycles. The van der Waals surface area contributed by atoms with E-state index in [-0.39, 0.29) is 4.90 Å². The number of aryl methyl sites for hydroxylation is 2. The number of aromatic nitrogens is 3. The molecule has 0 fully saturated rings. The first kappa shape index (κ1) is 22.8. The summed E-state index contributed by atoms with van der Waals surface area (Å²) in [4.78, 5) is 8.60. The van der Waals surface area contributed by atoms with Gasteiger partial charge in [-0.25, -0.2) is 13.4 Å². The van der Waals surface area contributed by atoms with Crippen LogP contribution in [0, 0.1) is 13.8 Å². The molecule has 2 heterocycles. The van der Waals surface area contributed by atoms with Gasteiger partial charge in [0.25, 0.3) is 10.0 Å². The fourth-order valence-electron chi connectivity index (χ4n) is 3.34. The zero-order chi connectivity index (χ0) is 22.8. The van der Waals surface area contributed by atoms with Gasteiger partial charge in [0.2, 0.25) is 0 Å². The van der Waals surface area contributed by atoms with Crippen molar-refractivity contribution in [2.24, 2.45) is 7.05 Å². The largest absolute Gasteiger partial charge is 0.355 e. The monoisotopic (exact) mass is 442 g/mol. The average Bonchev–Trinajstić information content (AvgIpc) is 2.95. The normalized spacial score (nSPS) is 11.7. The van der Waals surface area contributed by atoms with Gasteiger partial charge in [0.1, 0.15) is 10.7 Å². The number of anilines is 2. The summed E-state index contributed by atoms with van der Waals surface area (Å²) in [7, 11) is 4.06. The Bertz CT molecular complexity index is 1140. The van der Waals surface area contributed by atoms with Gasteiger partial charge < -0.3 is 9.80 Å². The van der Waals surface area contributed by atoms with Gasteiger partial charge in [-0.2, -0.15) is 5.10 Å². The third kappa shape index (κ3) is 5.42. The highest BCUT2D eigenvalue weighted by Gasteiger charge is 2.20. The topological polar surface area (TPSA) is 83.4 Å². The molecule has 0 unspecified atom stereocenters. The molecule has 0 aliphatic heterocycles. The number of rotatable bonds is 8. The van der Waals surface area contributed by atoms with Crippen LogP contribution in [-0.2, 0) is 30.2 Å². The number of hydrogen-bond donors (Lipinski definition) is 1. The molecule has 1 aromatic carbocycles. The molecule has 0 aliphatic rings. The first-order chi connectivity index (χ1) is 14.6. The van der Waals surface area contributed by atoms with E-state index in [9.17, 15) is 8.42 Å². The highest BCUT2D eigenvalue weighted by molar-refractivity contribution is 7.92. The van der Waals surface area contributed by atoms with Gasteiger partial charge in [-0.3, -0.25) is 9.40 Å². The Labute approximate surface area is 184 Å². The van der Waals surface area contributed by atoms with Crippen molar-refractivity contribution in [2.45, 2.75) is 31.8 Å². The van der Waals surface area contributed by atoms with Gasteiger partial charge in [0.15, 0.2) is 0 Å². The standard InChI is InChI=1S/C22H30N6O2S/c1-16-22(17(2)28(6)24-16)25-31(29,30)20-11-12-21(23-13-20)27(5)15-19-9-7-18(8-10-19)14-26(3)4/h7-13,25H,14-15H2,1-6H3. The number of nitrogens with one attached hydrogen (secondary N) is 1. The number of pyridine rings is 1. The zero-order valence-corrected chi connectivity index (χ0v) is 19.7. The number of benzene rings is 1. The van der Waals surface area contributed by atoms with Crippen LogP contribution in [-0.4, -0.2) is 49.2 Å².